The Morgan fingerprint density at radius 3 is 2.45 bits per heavy atom. The van der Waals surface area contributed by atoms with Crippen molar-refractivity contribution in [1.82, 2.24) is 0 Å². The second kappa shape index (κ2) is 7.09. The Balaban J connectivity index is 2.27. The lowest BCUT2D eigenvalue weighted by Crippen LogP contribution is -2.43. The van der Waals surface area contributed by atoms with Gasteiger partial charge < -0.3 is 9.47 Å². The van der Waals surface area contributed by atoms with Gasteiger partial charge in [0.25, 0.3) is 0 Å². The molecule has 0 saturated carbocycles. The first-order valence-electron chi connectivity index (χ1n) is 8.98. The highest BCUT2D eigenvalue weighted by atomic mass is 19.4. The summed E-state index contributed by atoms with van der Waals surface area (Å²) in [6.07, 6.45) is -4.87. The number of halogens is 3. The number of fused-ring (bicyclic) bond motifs is 1. The average molecular weight is 407 g/mol. The Morgan fingerprint density at radius 1 is 1.17 bits per heavy atom. The highest BCUT2D eigenvalue weighted by Crippen LogP contribution is 2.44. The monoisotopic (exact) mass is 407 g/mol. The van der Waals surface area contributed by atoms with Crippen molar-refractivity contribution in [3.63, 3.8) is 0 Å². The van der Waals surface area contributed by atoms with E-state index in [4.69, 9.17) is 4.74 Å². The van der Waals surface area contributed by atoms with E-state index in [-0.39, 0.29) is 11.1 Å². The van der Waals surface area contributed by atoms with Crippen molar-refractivity contribution in [1.29, 1.82) is 0 Å². The summed E-state index contributed by atoms with van der Waals surface area (Å²) in [5.74, 6) is -0.424. The maximum Gasteiger partial charge on any atom is 0.573 e. The third-order valence-corrected chi connectivity index (χ3v) is 4.82. The number of rotatable bonds is 4. The standard InChI is InChI=1S/C21H20F3NO4/c1-5-25-17-10-14(12(2)8-16(17)20(3,4)29-19(25)27)15-9-13(11-26)6-7-18(15)28-21(22,23)24/h6-11H,5H2,1-4H3. The third-order valence-electron chi connectivity index (χ3n) is 4.82. The van der Waals surface area contributed by atoms with Crippen LogP contribution in [0.15, 0.2) is 30.3 Å². The van der Waals surface area contributed by atoms with Crippen molar-refractivity contribution in [2.24, 2.45) is 0 Å². The number of anilines is 1. The molecule has 0 radical (unpaired) electrons. The topological polar surface area (TPSA) is 55.8 Å². The van der Waals surface area contributed by atoms with Crippen LogP contribution in [0.25, 0.3) is 11.1 Å². The molecular formula is C21H20F3NO4. The van der Waals surface area contributed by atoms with Crippen LogP contribution in [-0.2, 0) is 10.3 Å². The molecule has 1 amide bonds. The van der Waals surface area contributed by atoms with Crippen LogP contribution >= 0.6 is 0 Å². The molecule has 0 aliphatic carbocycles. The Bertz CT molecular complexity index is 983. The second-order valence-corrected chi connectivity index (χ2v) is 7.23. The van der Waals surface area contributed by atoms with Gasteiger partial charge in [0.2, 0.25) is 0 Å². The van der Waals surface area contributed by atoms with Crippen LogP contribution in [0.5, 0.6) is 5.75 Å². The van der Waals surface area contributed by atoms with E-state index in [9.17, 15) is 22.8 Å². The van der Waals surface area contributed by atoms with Crippen LogP contribution in [0, 0.1) is 6.92 Å². The molecule has 0 aromatic heterocycles. The molecule has 2 aromatic rings. The number of ether oxygens (including phenoxy) is 2. The van der Waals surface area contributed by atoms with Crippen molar-refractivity contribution < 1.29 is 32.2 Å². The number of benzene rings is 2. The predicted molar refractivity (Wildman–Crippen MR) is 101 cm³/mol. The summed E-state index contributed by atoms with van der Waals surface area (Å²) in [5.41, 5.74) is 1.79. The third kappa shape index (κ3) is 3.92. The number of alkyl halides is 3. The molecule has 0 bridgehead atoms. The number of carbonyl (C=O) groups excluding carboxylic acids is 2. The maximum absolute atomic E-state index is 12.9. The SMILES string of the molecule is CCN1C(=O)OC(C)(C)c2cc(C)c(-c3cc(C=O)ccc3OC(F)(F)F)cc21. The minimum absolute atomic E-state index is 0.111. The van der Waals surface area contributed by atoms with Gasteiger partial charge in [0.15, 0.2) is 0 Å². The summed E-state index contributed by atoms with van der Waals surface area (Å²) in [7, 11) is 0. The highest BCUT2D eigenvalue weighted by Gasteiger charge is 2.38. The van der Waals surface area contributed by atoms with Crippen molar-refractivity contribution in [2.45, 2.75) is 39.7 Å². The Labute approximate surface area is 166 Å². The minimum atomic E-state index is -4.89. The van der Waals surface area contributed by atoms with Gasteiger partial charge in [-0.05, 0) is 69.2 Å². The molecule has 29 heavy (non-hydrogen) atoms. The van der Waals surface area contributed by atoms with Crippen molar-refractivity contribution in [3.05, 3.63) is 47.0 Å². The molecule has 3 rings (SSSR count). The molecule has 5 nitrogen and oxygen atoms in total. The van der Waals surface area contributed by atoms with Crippen molar-refractivity contribution in [2.75, 3.05) is 11.4 Å². The maximum atomic E-state index is 12.9. The zero-order valence-corrected chi connectivity index (χ0v) is 16.4. The average Bonchev–Trinajstić information content (AvgIpc) is 2.61. The number of aldehydes is 1. The van der Waals surface area contributed by atoms with Crippen LogP contribution in [0.3, 0.4) is 0 Å². The van der Waals surface area contributed by atoms with E-state index in [1.54, 1.807) is 39.8 Å². The van der Waals surface area contributed by atoms with E-state index in [0.717, 1.165) is 11.6 Å². The molecule has 8 heteroatoms. The van der Waals surface area contributed by atoms with E-state index in [1.165, 1.54) is 17.0 Å². The molecule has 2 aromatic carbocycles. The first-order valence-corrected chi connectivity index (χ1v) is 8.98. The predicted octanol–water partition coefficient (Wildman–Crippen LogP) is 5.58. The molecule has 0 spiro atoms. The van der Waals surface area contributed by atoms with Gasteiger partial charge >= 0.3 is 12.5 Å². The molecule has 0 atom stereocenters. The van der Waals surface area contributed by atoms with Crippen LogP contribution in [0.1, 0.15) is 42.3 Å². The molecule has 1 heterocycles. The van der Waals surface area contributed by atoms with Gasteiger partial charge in [0, 0.05) is 23.2 Å². The molecule has 0 saturated heterocycles. The van der Waals surface area contributed by atoms with Gasteiger partial charge in [-0.3, -0.25) is 9.69 Å². The number of carbonyl (C=O) groups is 2. The Hall–Kier alpha value is -3.03. The molecule has 1 aliphatic rings. The summed E-state index contributed by atoms with van der Waals surface area (Å²) >= 11 is 0. The summed E-state index contributed by atoms with van der Waals surface area (Å²) in [4.78, 5) is 25.0. The number of hydrogen-bond acceptors (Lipinski definition) is 4. The van der Waals surface area contributed by atoms with E-state index < -0.39 is 23.8 Å². The quantitative estimate of drug-likeness (QED) is 0.621. The fourth-order valence-corrected chi connectivity index (χ4v) is 3.46. The fourth-order valence-electron chi connectivity index (χ4n) is 3.46. The highest BCUT2D eigenvalue weighted by molar-refractivity contribution is 5.94. The molecule has 0 fully saturated rings. The molecule has 1 aliphatic heterocycles. The largest absolute Gasteiger partial charge is 0.573 e. The van der Waals surface area contributed by atoms with Crippen LogP contribution < -0.4 is 9.64 Å². The summed E-state index contributed by atoms with van der Waals surface area (Å²) in [6, 6.07) is 7.13. The lowest BCUT2D eigenvalue weighted by Gasteiger charge is -2.38. The van der Waals surface area contributed by atoms with Crippen LogP contribution in [0.4, 0.5) is 23.7 Å². The molecule has 0 N–H and O–H groups in total. The first-order chi connectivity index (χ1) is 13.5. The Kier molecular flexibility index (Phi) is 5.06. The number of hydrogen-bond donors (Lipinski definition) is 0. The zero-order valence-electron chi connectivity index (χ0n) is 16.4. The lowest BCUT2D eigenvalue weighted by atomic mass is 9.88. The van der Waals surface area contributed by atoms with Gasteiger partial charge in [-0.15, -0.1) is 13.2 Å². The van der Waals surface area contributed by atoms with Gasteiger partial charge in [-0.25, -0.2) is 4.79 Å². The van der Waals surface area contributed by atoms with Gasteiger partial charge in [0.1, 0.15) is 17.6 Å². The zero-order chi connectivity index (χ0) is 21.6. The van der Waals surface area contributed by atoms with Gasteiger partial charge in [-0.1, -0.05) is 0 Å². The molecular weight excluding hydrogens is 387 g/mol. The molecule has 154 valence electrons. The van der Waals surface area contributed by atoms with E-state index in [1.807, 2.05) is 0 Å². The van der Waals surface area contributed by atoms with Gasteiger partial charge in [-0.2, -0.15) is 0 Å². The number of amides is 1. The summed E-state index contributed by atoms with van der Waals surface area (Å²) < 4.78 is 48.4. The normalized spacial score (nSPS) is 15.6. The van der Waals surface area contributed by atoms with Crippen molar-refractivity contribution >= 4 is 18.1 Å². The minimum Gasteiger partial charge on any atom is -0.438 e. The van der Waals surface area contributed by atoms with Crippen LogP contribution in [0.2, 0.25) is 0 Å². The van der Waals surface area contributed by atoms with E-state index in [2.05, 4.69) is 4.74 Å². The lowest BCUT2D eigenvalue weighted by molar-refractivity contribution is -0.274. The molecule has 0 unspecified atom stereocenters. The summed E-state index contributed by atoms with van der Waals surface area (Å²) in [5, 5.41) is 0. The first kappa shape index (κ1) is 20.7. The van der Waals surface area contributed by atoms with E-state index >= 15 is 0 Å². The number of cyclic esters (lactones) is 1. The fraction of sp³-hybridized carbons (Fsp3) is 0.333. The number of nitrogens with zero attached hydrogens (tertiary/aromatic N) is 1. The number of aryl methyl sites for hydroxylation is 1. The van der Waals surface area contributed by atoms with E-state index in [0.29, 0.717) is 29.6 Å². The van der Waals surface area contributed by atoms with Crippen molar-refractivity contribution in [3.8, 4) is 16.9 Å². The van der Waals surface area contributed by atoms with Gasteiger partial charge in [0.05, 0.1) is 5.69 Å². The smallest absolute Gasteiger partial charge is 0.438 e. The summed E-state index contributed by atoms with van der Waals surface area (Å²) in [6.45, 7) is 7.34. The van der Waals surface area contributed by atoms with Crippen LogP contribution in [-0.4, -0.2) is 25.3 Å². The second-order valence-electron chi connectivity index (χ2n) is 7.23. The Morgan fingerprint density at radius 2 is 1.86 bits per heavy atom.